The Bertz CT molecular complexity index is 924. The van der Waals surface area contributed by atoms with E-state index in [9.17, 15) is 5.11 Å². The summed E-state index contributed by atoms with van der Waals surface area (Å²) in [6, 6.07) is 0. The maximum atomic E-state index is 9.97. The molecule has 0 amide bonds. The highest BCUT2D eigenvalue weighted by molar-refractivity contribution is 5.81. The molecule has 5 atom stereocenters. The lowest BCUT2D eigenvalue weighted by atomic mass is 10.0. The number of fused-ring (bicyclic) bond motifs is 2. The molecule has 0 aromatic carbocycles. The van der Waals surface area contributed by atoms with Crippen LogP contribution in [0.2, 0.25) is 0 Å². The molecule has 35 heavy (non-hydrogen) atoms. The molecule has 2 saturated heterocycles. The minimum Gasteiger partial charge on any atom is -0.394 e. The number of aromatic nitrogens is 4. The fourth-order valence-corrected chi connectivity index (χ4v) is 5.45. The van der Waals surface area contributed by atoms with E-state index in [1.807, 2.05) is 4.57 Å². The molecular weight excluding hydrogens is 446 g/mol. The van der Waals surface area contributed by atoms with Crippen LogP contribution in [0, 0.1) is 0 Å². The Morgan fingerprint density at radius 2 is 1.57 bits per heavy atom. The largest absolute Gasteiger partial charge is 0.394 e. The molecule has 2 aromatic heterocycles. The van der Waals surface area contributed by atoms with E-state index in [-0.39, 0.29) is 18.8 Å². The third-order valence-electron chi connectivity index (χ3n) is 7.53. The quantitative estimate of drug-likeness (QED) is 0.340. The molecule has 0 saturated carbocycles. The number of rotatable bonds is 15. The van der Waals surface area contributed by atoms with Crippen molar-refractivity contribution in [3.63, 3.8) is 0 Å². The van der Waals surface area contributed by atoms with E-state index in [2.05, 4.69) is 28.8 Å². The van der Waals surface area contributed by atoms with Crippen molar-refractivity contribution >= 4 is 17.0 Å². The SMILES string of the molecule is CCCCCCCCCCCCC[C@]1(CC)O[C@@H]2[C@H](O1)[C@@H](CO)O[C@H]2n1cnc2c(N)ncnc21. The molecule has 4 heterocycles. The Balaban J connectivity index is 1.29. The smallest absolute Gasteiger partial charge is 0.169 e. The molecule has 2 aliphatic heterocycles. The Morgan fingerprint density at radius 1 is 0.914 bits per heavy atom. The molecule has 196 valence electrons. The van der Waals surface area contributed by atoms with E-state index >= 15 is 0 Å². The molecule has 0 unspecified atom stereocenters. The lowest BCUT2D eigenvalue weighted by Gasteiger charge is -2.30. The van der Waals surface area contributed by atoms with Gasteiger partial charge >= 0.3 is 0 Å². The van der Waals surface area contributed by atoms with Crippen LogP contribution in [-0.2, 0) is 14.2 Å². The van der Waals surface area contributed by atoms with Crippen molar-refractivity contribution in [2.75, 3.05) is 12.3 Å². The molecule has 2 aliphatic rings. The van der Waals surface area contributed by atoms with Crippen molar-refractivity contribution in [1.82, 2.24) is 19.5 Å². The van der Waals surface area contributed by atoms with E-state index in [0.29, 0.717) is 17.0 Å². The van der Waals surface area contributed by atoms with Gasteiger partial charge in [-0.3, -0.25) is 4.57 Å². The summed E-state index contributed by atoms with van der Waals surface area (Å²) in [4.78, 5) is 12.7. The van der Waals surface area contributed by atoms with Crippen LogP contribution in [0.5, 0.6) is 0 Å². The van der Waals surface area contributed by atoms with Gasteiger partial charge in [-0.2, -0.15) is 0 Å². The number of anilines is 1. The highest BCUT2D eigenvalue weighted by Crippen LogP contribution is 2.46. The summed E-state index contributed by atoms with van der Waals surface area (Å²) in [6.45, 7) is 4.23. The number of nitrogens with zero attached hydrogens (tertiary/aromatic N) is 4. The number of unbranched alkanes of at least 4 members (excludes halogenated alkanes) is 10. The summed E-state index contributed by atoms with van der Waals surface area (Å²) in [5.74, 6) is -0.320. The fraction of sp³-hybridized carbons (Fsp3) is 0.808. The molecule has 4 rings (SSSR count). The van der Waals surface area contributed by atoms with E-state index in [1.54, 1.807) is 6.33 Å². The van der Waals surface area contributed by atoms with Gasteiger partial charge in [0.1, 0.15) is 30.2 Å². The maximum absolute atomic E-state index is 9.97. The van der Waals surface area contributed by atoms with Gasteiger partial charge in [-0.25, -0.2) is 15.0 Å². The molecule has 0 aliphatic carbocycles. The first-order valence-corrected chi connectivity index (χ1v) is 13.7. The number of nitrogen functional groups attached to an aromatic ring is 1. The van der Waals surface area contributed by atoms with Crippen molar-refractivity contribution in [2.45, 2.75) is 128 Å². The topological polar surface area (TPSA) is 118 Å². The lowest BCUT2D eigenvalue weighted by molar-refractivity contribution is -0.225. The van der Waals surface area contributed by atoms with E-state index < -0.39 is 18.1 Å². The van der Waals surface area contributed by atoms with Gasteiger partial charge in [0.15, 0.2) is 23.5 Å². The van der Waals surface area contributed by atoms with Crippen molar-refractivity contribution in [2.24, 2.45) is 0 Å². The van der Waals surface area contributed by atoms with Crippen molar-refractivity contribution in [1.29, 1.82) is 0 Å². The van der Waals surface area contributed by atoms with Gasteiger partial charge in [0, 0.05) is 6.42 Å². The second-order valence-electron chi connectivity index (χ2n) is 10.0. The lowest BCUT2D eigenvalue weighted by Crippen LogP contribution is -2.35. The van der Waals surface area contributed by atoms with Crippen molar-refractivity contribution in [3.8, 4) is 0 Å². The zero-order chi connectivity index (χ0) is 24.7. The van der Waals surface area contributed by atoms with Crippen molar-refractivity contribution < 1.29 is 19.3 Å². The number of aliphatic hydroxyl groups is 1. The first-order valence-electron chi connectivity index (χ1n) is 13.7. The second-order valence-corrected chi connectivity index (χ2v) is 10.0. The van der Waals surface area contributed by atoms with Crippen molar-refractivity contribution in [3.05, 3.63) is 12.7 Å². The Morgan fingerprint density at radius 3 is 2.23 bits per heavy atom. The zero-order valence-electron chi connectivity index (χ0n) is 21.4. The molecule has 0 bridgehead atoms. The minimum absolute atomic E-state index is 0.136. The number of ether oxygens (including phenoxy) is 3. The monoisotopic (exact) mass is 489 g/mol. The highest BCUT2D eigenvalue weighted by Gasteiger charge is 2.58. The van der Waals surface area contributed by atoms with Crippen LogP contribution in [0.1, 0.15) is 104 Å². The molecule has 9 nitrogen and oxygen atoms in total. The number of hydrogen-bond acceptors (Lipinski definition) is 8. The molecule has 3 N–H and O–H groups in total. The number of hydrogen-bond donors (Lipinski definition) is 2. The fourth-order valence-electron chi connectivity index (χ4n) is 5.45. The van der Waals surface area contributed by atoms with Gasteiger partial charge < -0.3 is 25.1 Å². The number of imidazole rings is 1. The van der Waals surface area contributed by atoms with E-state index in [0.717, 1.165) is 19.3 Å². The summed E-state index contributed by atoms with van der Waals surface area (Å²) in [6.07, 6.45) is 17.4. The van der Waals surface area contributed by atoms with Crippen LogP contribution in [-0.4, -0.2) is 55.3 Å². The average Bonchev–Trinajstić information content (AvgIpc) is 3.55. The highest BCUT2D eigenvalue weighted by atomic mass is 16.8. The molecule has 0 radical (unpaired) electrons. The second kappa shape index (κ2) is 12.4. The molecule has 2 aromatic rings. The third kappa shape index (κ3) is 5.96. The third-order valence-corrected chi connectivity index (χ3v) is 7.53. The minimum atomic E-state index is -0.644. The van der Waals surface area contributed by atoms with Crippen LogP contribution < -0.4 is 5.73 Å². The standard InChI is InChI=1S/C26H43N5O4/c1-3-5-6-7-8-9-10-11-12-13-14-15-26(4-2)34-21-19(16-32)33-25(22(21)35-26)31-18-30-20-23(27)28-17-29-24(20)31/h17-19,21-22,25,32H,3-16H2,1-2H3,(H2,27,28,29)/t19-,21-,22-,25-,26+/m1/s1. The van der Waals surface area contributed by atoms with Gasteiger partial charge in [-0.05, 0) is 12.8 Å². The Labute approximate surface area is 208 Å². The predicted molar refractivity (Wildman–Crippen MR) is 135 cm³/mol. The first-order chi connectivity index (χ1) is 17.1. The Hall–Kier alpha value is -1.81. The number of aliphatic hydroxyl groups excluding tert-OH is 1. The van der Waals surface area contributed by atoms with Gasteiger partial charge in [0.05, 0.1) is 12.9 Å². The molecule has 2 fully saturated rings. The van der Waals surface area contributed by atoms with Gasteiger partial charge in [0.25, 0.3) is 0 Å². The first kappa shape index (κ1) is 26.3. The summed E-state index contributed by atoms with van der Waals surface area (Å²) in [7, 11) is 0. The zero-order valence-corrected chi connectivity index (χ0v) is 21.4. The van der Waals surface area contributed by atoms with E-state index in [1.165, 1.54) is 70.5 Å². The summed E-state index contributed by atoms with van der Waals surface area (Å²) in [5, 5.41) is 9.97. The van der Waals surface area contributed by atoms with Crippen LogP contribution in [0.4, 0.5) is 5.82 Å². The molecular formula is C26H43N5O4. The predicted octanol–water partition coefficient (Wildman–Crippen LogP) is 4.89. The van der Waals surface area contributed by atoms with E-state index in [4.69, 9.17) is 19.9 Å². The normalized spacial score (nSPS) is 28.2. The average molecular weight is 490 g/mol. The summed E-state index contributed by atoms with van der Waals surface area (Å²) in [5.41, 5.74) is 7.08. The molecule has 9 heteroatoms. The van der Waals surface area contributed by atoms with Crippen LogP contribution in [0.3, 0.4) is 0 Å². The van der Waals surface area contributed by atoms with Gasteiger partial charge in [-0.15, -0.1) is 0 Å². The van der Waals surface area contributed by atoms with Crippen LogP contribution in [0.25, 0.3) is 11.2 Å². The summed E-state index contributed by atoms with van der Waals surface area (Å²) >= 11 is 0. The Kier molecular flexibility index (Phi) is 9.33. The molecule has 0 spiro atoms. The maximum Gasteiger partial charge on any atom is 0.169 e. The van der Waals surface area contributed by atoms with Gasteiger partial charge in [0.2, 0.25) is 0 Å². The number of nitrogens with two attached hydrogens (primary N) is 1. The van der Waals surface area contributed by atoms with Crippen LogP contribution in [0.15, 0.2) is 12.7 Å². The van der Waals surface area contributed by atoms with Crippen LogP contribution >= 0.6 is 0 Å². The van der Waals surface area contributed by atoms with Gasteiger partial charge in [-0.1, -0.05) is 78.1 Å². The summed E-state index contributed by atoms with van der Waals surface area (Å²) < 4.78 is 21.0.